The van der Waals surface area contributed by atoms with E-state index in [1.807, 2.05) is 18.4 Å². The Kier molecular flexibility index (Phi) is 5.80. The summed E-state index contributed by atoms with van der Waals surface area (Å²) < 4.78 is 7.33. The molecule has 1 heterocycles. The molecule has 2 aromatic rings. The van der Waals surface area contributed by atoms with E-state index in [1.54, 1.807) is 0 Å². The molecule has 0 amide bonds. The third-order valence-corrected chi connectivity index (χ3v) is 5.69. The van der Waals surface area contributed by atoms with E-state index in [4.69, 9.17) is 4.74 Å². The number of hydrogen-bond acceptors (Lipinski definition) is 3. The van der Waals surface area contributed by atoms with Crippen molar-refractivity contribution in [3.63, 3.8) is 0 Å². The van der Waals surface area contributed by atoms with Gasteiger partial charge in [-0.1, -0.05) is 39.0 Å². The van der Waals surface area contributed by atoms with Crippen LogP contribution in [0, 0.1) is 0 Å². The van der Waals surface area contributed by atoms with Crippen molar-refractivity contribution in [1.29, 1.82) is 0 Å². The lowest BCUT2D eigenvalue weighted by Gasteiger charge is -2.39. The van der Waals surface area contributed by atoms with E-state index >= 15 is 0 Å². The van der Waals surface area contributed by atoms with Gasteiger partial charge in [0.15, 0.2) is 0 Å². The molecule has 0 fully saturated rings. The fourth-order valence-corrected chi connectivity index (χ4v) is 4.25. The molecule has 0 spiro atoms. The van der Waals surface area contributed by atoms with E-state index < -0.39 is 0 Å². The summed E-state index contributed by atoms with van der Waals surface area (Å²) in [6.07, 6.45) is 3.08. The number of thiophene rings is 1. The Balaban J connectivity index is 2.31. The van der Waals surface area contributed by atoms with Crippen molar-refractivity contribution in [2.75, 3.05) is 13.7 Å². The van der Waals surface area contributed by atoms with Gasteiger partial charge in [-0.3, -0.25) is 0 Å². The zero-order chi connectivity index (χ0) is 15.3. The molecule has 0 radical (unpaired) electrons. The van der Waals surface area contributed by atoms with E-state index in [-0.39, 0.29) is 5.60 Å². The van der Waals surface area contributed by atoms with Gasteiger partial charge in [0.25, 0.3) is 0 Å². The molecule has 1 aromatic heterocycles. The van der Waals surface area contributed by atoms with Gasteiger partial charge in [-0.15, -0.1) is 11.3 Å². The van der Waals surface area contributed by atoms with Gasteiger partial charge >= 0.3 is 0 Å². The third kappa shape index (κ3) is 3.31. The number of methoxy groups -OCH3 is 1. The molecule has 0 aliphatic heterocycles. The fourth-order valence-electron chi connectivity index (χ4n) is 3.28. The lowest BCUT2D eigenvalue weighted by Crippen LogP contribution is -2.52. The first-order valence-corrected chi connectivity index (χ1v) is 8.82. The van der Waals surface area contributed by atoms with Crippen molar-refractivity contribution in [2.45, 2.75) is 51.7 Å². The van der Waals surface area contributed by atoms with Crippen LogP contribution in [-0.4, -0.2) is 25.3 Å². The maximum atomic E-state index is 5.95. The molecule has 21 heavy (non-hydrogen) atoms. The highest BCUT2D eigenvalue weighted by atomic mass is 32.1. The average molecular weight is 305 g/mol. The number of likely N-dealkylation sites (N-methyl/N-ethyl adjacent to an activating group) is 1. The van der Waals surface area contributed by atoms with Gasteiger partial charge in [-0.05, 0) is 48.2 Å². The van der Waals surface area contributed by atoms with Crippen LogP contribution in [-0.2, 0) is 11.2 Å². The Morgan fingerprint density at radius 2 is 1.90 bits per heavy atom. The summed E-state index contributed by atoms with van der Waals surface area (Å²) in [5.74, 6) is 0. The van der Waals surface area contributed by atoms with Crippen LogP contribution < -0.4 is 5.32 Å². The molecule has 1 atom stereocenters. The molecule has 2 nitrogen and oxygen atoms in total. The Morgan fingerprint density at radius 3 is 2.52 bits per heavy atom. The highest BCUT2D eigenvalue weighted by Crippen LogP contribution is 2.31. The smallest absolute Gasteiger partial charge is 0.0828 e. The summed E-state index contributed by atoms with van der Waals surface area (Å²) >= 11 is 1.84. The molecule has 0 aliphatic rings. The maximum absolute atomic E-state index is 5.95. The van der Waals surface area contributed by atoms with Crippen LogP contribution in [0.1, 0.15) is 39.2 Å². The molecular weight excluding hydrogens is 278 g/mol. The van der Waals surface area contributed by atoms with Crippen LogP contribution >= 0.6 is 11.3 Å². The van der Waals surface area contributed by atoms with E-state index in [0.717, 1.165) is 25.8 Å². The minimum atomic E-state index is -0.0843. The molecule has 3 heteroatoms. The highest BCUT2D eigenvalue weighted by molar-refractivity contribution is 7.17. The summed E-state index contributed by atoms with van der Waals surface area (Å²) in [6, 6.07) is 9.03. The second-order valence-electron chi connectivity index (χ2n) is 5.55. The first-order valence-electron chi connectivity index (χ1n) is 7.94. The molecule has 0 saturated heterocycles. The van der Waals surface area contributed by atoms with Crippen molar-refractivity contribution < 1.29 is 4.74 Å². The second-order valence-corrected chi connectivity index (χ2v) is 6.46. The van der Waals surface area contributed by atoms with Gasteiger partial charge in [-0.25, -0.2) is 0 Å². The van der Waals surface area contributed by atoms with Crippen LogP contribution in [0.25, 0.3) is 10.1 Å². The first-order chi connectivity index (χ1) is 10.2. The first kappa shape index (κ1) is 16.5. The molecule has 0 saturated carbocycles. The van der Waals surface area contributed by atoms with Crippen LogP contribution in [0.4, 0.5) is 0 Å². The Bertz CT molecular complexity index is 551. The summed E-state index contributed by atoms with van der Waals surface area (Å²) in [7, 11) is 1.85. The maximum Gasteiger partial charge on any atom is 0.0828 e. The summed E-state index contributed by atoms with van der Waals surface area (Å²) in [4.78, 5) is 0. The SMILES string of the molecule is CCNC(Cc1csc2ccccc12)C(CC)(CC)OC. The predicted octanol–water partition coefficient (Wildman–Crippen LogP) is 4.63. The third-order valence-electron chi connectivity index (χ3n) is 4.67. The minimum Gasteiger partial charge on any atom is -0.377 e. The highest BCUT2D eigenvalue weighted by Gasteiger charge is 2.35. The molecule has 0 aliphatic carbocycles. The van der Waals surface area contributed by atoms with Crippen molar-refractivity contribution in [1.82, 2.24) is 5.32 Å². The van der Waals surface area contributed by atoms with Crippen molar-refractivity contribution in [3.05, 3.63) is 35.2 Å². The summed E-state index contributed by atoms with van der Waals surface area (Å²) in [5.41, 5.74) is 1.35. The molecule has 116 valence electrons. The van der Waals surface area contributed by atoms with Gasteiger partial charge in [-0.2, -0.15) is 0 Å². The van der Waals surface area contributed by atoms with Gasteiger partial charge < -0.3 is 10.1 Å². The van der Waals surface area contributed by atoms with E-state index in [1.165, 1.54) is 15.6 Å². The van der Waals surface area contributed by atoms with Crippen molar-refractivity contribution in [3.8, 4) is 0 Å². The number of hydrogen-bond donors (Lipinski definition) is 1. The summed E-state index contributed by atoms with van der Waals surface area (Å²) in [5, 5.41) is 7.36. The Labute approximate surface area is 132 Å². The lowest BCUT2D eigenvalue weighted by atomic mass is 9.84. The Morgan fingerprint density at radius 1 is 1.19 bits per heavy atom. The Hall–Kier alpha value is -0.900. The normalized spacial score (nSPS) is 13.7. The number of benzene rings is 1. The molecule has 1 unspecified atom stereocenters. The molecule has 1 aromatic carbocycles. The van der Waals surface area contributed by atoms with Gasteiger partial charge in [0.05, 0.1) is 5.60 Å². The predicted molar refractivity (Wildman–Crippen MR) is 93.3 cm³/mol. The van der Waals surface area contributed by atoms with Crippen LogP contribution in [0.15, 0.2) is 29.6 Å². The van der Waals surface area contributed by atoms with Gasteiger partial charge in [0.2, 0.25) is 0 Å². The standard InChI is InChI=1S/C18H27NOS/c1-5-18(6-2,20-4)17(19-7-3)12-14-13-21-16-11-9-8-10-15(14)16/h8-11,13,17,19H,5-7,12H2,1-4H3. The fraction of sp³-hybridized carbons (Fsp3) is 0.556. The minimum absolute atomic E-state index is 0.0843. The largest absolute Gasteiger partial charge is 0.377 e. The van der Waals surface area contributed by atoms with E-state index in [2.05, 4.69) is 55.7 Å². The second kappa shape index (κ2) is 7.39. The quantitative estimate of drug-likeness (QED) is 0.768. The number of ether oxygens (including phenoxy) is 1. The van der Waals surface area contributed by atoms with Crippen molar-refractivity contribution >= 4 is 21.4 Å². The lowest BCUT2D eigenvalue weighted by molar-refractivity contribution is -0.0467. The molecule has 2 rings (SSSR count). The van der Waals surface area contributed by atoms with Gasteiger partial charge in [0.1, 0.15) is 0 Å². The van der Waals surface area contributed by atoms with Crippen LogP contribution in [0.3, 0.4) is 0 Å². The average Bonchev–Trinajstić information content (AvgIpc) is 2.93. The van der Waals surface area contributed by atoms with Gasteiger partial charge in [0, 0.05) is 17.9 Å². The zero-order valence-electron chi connectivity index (χ0n) is 13.6. The number of nitrogens with one attached hydrogen (secondary N) is 1. The van der Waals surface area contributed by atoms with Crippen LogP contribution in [0.2, 0.25) is 0 Å². The van der Waals surface area contributed by atoms with Crippen LogP contribution in [0.5, 0.6) is 0 Å². The number of fused-ring (bicyclic) bond motifs is 1. The number of rotatable bonds is 8. The van der Waals surface area contributed by atoms with E-state index in [0.29, 0.717) is 6.04 Å². The molecule has 1 N–H and O–H groups in total. The van der Waals surface area contributed by atoms with E-state index in [9.17, 15) is 0 Å². The topological polar surface area (TPSA) is 21.3 Å². The molecular formula is C18H27NOS. The zero-order valence-corrected chi connectivity index (χ0v) is 14.4. The monoisotopic (exact) mass is 305 g/mol. The van der Waals surface area contributed by atoms with Crippen molar-refractivity contribution in [2.24, 2.45) is 0 Å². The summed E-state index contributed by atoms with van der Waals surface area (Å²) in [6.45, 7) is 7.59. The molecule has 0 bridgehead atoms.